The van der Waals surface area contributed by atoms with Crippen molar-refractivity contribution < 1.29 is 14.0 Å². The van der Waals surface area contributed by atoms with Gasteiger partial charge in [-0.2, -0.15) is 0 Å². The van der Waals surface area contributed by atoms with Crippen molar-refractivity contribution in [1.29, 1.82) is 0 Å². The van der Waals surface area contributed by atoms with Crippen molar-refractivity contribution in [3.05, 3.63) is 71.0 Å². The summed E-state index contributed by atoms with van der Waals surface area (Å²) in [4.78, 5) is 27.9. The lowest BCUT2D eigenvalue weighted by atomic mass is 10.2. The summed E-state index contributed by atoms with van der Waals surface area (Å²) in [6.07, 6.45) is 3.27. The second kappa shape index (κ2) is 8.68. The molecule has 1 fully saturated rings. The Morgan fingerprint density at radius 1 is 0.926 bits per heavy atom. The van der Waals surface area contributed by atoms with E-state index in [9.17, 15) is 14.0 Å². The number of amides is 3. The first-order valence-electron chi connectivity index (χ1n) is 8.55. The molecule has 0 aliphatic carbocycles. The Balaban J connectivity index is 1.49. The van der Waals surface area contributed by atoms with Crippen LogP contribution >= 0.6 is 11.6 Å². The summed E-state index contributed by atoms with van der Waals surface area (Å²) in [5, 5.41) is 3.37. The van der Waals surface area contributed by atoms with Gasteiger partial charge < -0.3 is 15.1 Å². The molecule has 2 aromatic rings. The molecule has 1 saturated heterocycles. The molecule has 7 heteroatoms. The van der Waals surface area contributed by atoms with Crippen LogP contribution in [0, 0.1) is 5.82 Å². The van der Waals surface area contributed by atoms with Crippen LogP contribution in [-0.4, -0.2) is 47.9 Å². The van der Waals surface area contributed by atoms with Crippen LogP contribution in [0.3, 0.4) is 0 Å². The number of benzene rings is 2. The second-order valence-corrected chi connectivity index (χ2v) is 6.57. The molecule has 140 valence electrons. The van der Waals surface area contributed by atoms with Crippen LogP contribution in [0.25, 0.3) is 6.08 Å². The number of carbonyl (C=O) groups excluding carboxylic acids is 2. The topological polar surface area (TPSA) is 52.7 Å². The summed E-state index contributed by atoms with van der Waals surface area (Å²) in [6.45, 7) is 1.79. The molecule has 1 heterocycles. The SMILES string of the molecule is O=C(/C=C/c1ccc(Cl)cc1)N1CCN(C(=O)Nc2ccc(F)cc2)CC1. The monoisotopic (exact) mass is 387 g/mol. The second-order valence-electron chi connectivity index (χ2n) is 6.13. The van der Waals surface area contributed by atoms with Crippen LogP contribution < -0.4 is 5.32 Å². The number of urea groups is 1. The van der Waals surface area contributed by atoms with Gasteiger partial charge in [0.2, 0.25) is 5.91 Å². The number of nitrogens with zero attached hydrogens (tertiary/aromatic N) is 2. The minimum absolute atomic E-state index is 0.0939. The van der Waals surface area contributed by atoms with E-state index in [0.717, 1.165) is 5.56 Å². The van der Waals surface area contributed by atoms with Gasteiger partial charge in [0.1, 0.15) is 5.82 Å². The highest BCUT2D eigenvalue weighted by molar-refractivity contribution is 6.30. The lowest BCUT2D eigenvalue weighted by Crippen LogP contribution is -2.51. The van der Waals surface area contributed by atoms with Crippen molar-refractivity contribution in [3.8, 4) is 0 Å². The molecule has 0 aromatic heterocycles. The predicted octanol–water partition coefficient (Wildman–Crippen LogP) is 3.87. The van der Waals surface area contributed by atoms with Crippen LogP contribution in [0.2, 0.25) is 5.02 Å². The van der Waals surface area contributed by atoms with E-state index in [0.29, 0.717) is 36.9 Å². The lowest BCUT2D eigenvalue weighted by Gasteiger charge is -2.34. The van der Waals surface area contributed by atoms with Gasteiger partial charge >= 0.3 is 6.03 Å². The van der Waals surface area contributed by atoms with Crippen molar-refractivity contribution >= 4 is 35.3 Å². The van der Waals surface area contributed by atoms with E-state index in [1.54, 1.807) is 28.0 Å². The minimum Gasteiger partial charge on any atom is -0.336 e. The van der Waals surface area contributed by atoms with Crippen molar-refractivity contribution in [1.82, 2.24) is 9.80 Å². The smallest absolute Gasteiger partial charge is 0.321 e. The highest BCUT2D eigenvalue weighted by atomic mass is 35.5. The Hall–Kier alpha value is -2.86. The first-order chi connectivity index (χ1) is 13.0. The molecule has 1 aliphatic rings. The van der Waals surface area contributed by atoms with Gasteiger partial charge in [0.05, 0.1) is 0 Å². The largest absolute Gasteiger partial charge is 0.336 e. The summed E-state index contributed by atoms with van der Waals surface area (Å²) in [5.41, 5.74) is 1.43. The molecule has 2 aromatic carbocycles. The maximum atomic E-state index is 12.9. The molecule has 0 spiro atoms. The molecule has 3 rings (SSSR count). The molecule has 0 radical (unpaired) electrons. The van der Waals surface area contributed by atoms with E-state index >= 15 is 0 Å². The van der Waals surface area contributed by atoms with Crippen LogP contribution in [0.4, 0.5) is 14.9 Å². The third-order valence-corrected chi connectivity index (χ3v) is 4.51. The molecular formula is C20H19ClFN3O2. The Morgan fingerprint density at radius 2 is 1.52 bits per heavy atom. The standard InChI is InChI=1S/C20H19ClFN3O2/c21-16-4-1-15(2-5-16)3-10-19(26)24-11-13-25(14-12-24)20(27)23-18-8-6-17(22)7-9-18/h1-10H,11-14H2,(H,23,27)/b10-3+. The van der Waals surface area contributed by atoms with Gasteiger partial charge in [-0.25, -0.2) is 9.18 Å². The number of nitrogens with one attached hydrogen (secondary N) is 1. The van der Waals surface area contributed by atoms with Crippen LogP contribution in [0.15, 0.2) is 54.6 Å². The fraction of sp³-hybridized carbons (Fsp3) is 0.200. The van der Waals surface area contributed by atoms with Gasteiger partial charge in [0.15, 0.2) is 0 Å². The fourth-order valence-corrected chi connectivity index (χ4v) is 2.84. The number of anilines is 1. The number of hydrogen-bond donors (Lipinski definition) is 1. The van der Waals surface area contributed by atoms with Gasteiger partial charge in [-0.3, -0.25) is 4.79 Å². The maximum absolute atomic E-state index is 12.9. The molecular weight excluding hydrogens is 369 g/mol. The van der Waals surface area contributed by atoms with Gasteiger partial charge in [-0.05, 0) is 48.0 Å². The van der Waals surface area contributed by atoms with Gasteiger partial charge in [-0.15, -0.1) is 0 Å². The number of carbonyl (C=O) groups is 2. The molecule has 0 atom stereocenters. The number of piperazine rings is 1. The van der Waals surface area contributed by atoms with E-state index in [4.69, 9.17) is 11.6 Å². The highest BCUT2D eigenvalue weighted by Gasteiger charge is 2.23. The maximum Gasteiger partial charge on any atom is 0.321 e. The van der Waals surface area contributed by atoms with E-state index in [1.165, 1.54) is 30.3 Å². The summed E-state index contributed by atoms with van der Waals surface area (Å²) in [6, 6.07) is 12.6. The van der Waals surface area contributed by atoms with E-state index in [1.807, 2.05) is 12.1 Å². The molecule has 1 N–H and O–H groups in total. The predicted molar refractivity (Wildman–Crippen MR) is 104 cm³/mol. The highest BCUT2D eigenvalue weighted by Crippen LogP contribution is 2.12. The fourth-order valence-electron chi connectivity index (χ4n) is 2.71. The first kappa shape index (κ1) is 18.9. The average Bonchev–Trinajstić information content (AvgIpc) is 2.69. The van der Waals surface area contributed by atoms with Gasteiger partial charge in [0.25, 0.3) is 0 Å². The summed E-state index contributed by atoms with van der Waals surface area (Å²) < 4.78 is 12.9. The first-order valence-corrected chi connectivity index (χ1v) is 8.93. The molecule has 3 amide bonds. The van der Waals surface area contributed by atoms with E-state index in [2.05, 4.69) is 5.32 Å². The molecule has 0 saturated carbocycles. The quantitative estimate of drug-likeness (QED) is 0.813. The average molecular weight is 388 g/mol. The third-order valence-electron chi connectivity index (χ3n) is 4.26. The number of rotatable bonds is 3. The molecule has 5 nitrogen and oxygen atoms in total. The Kier molecular flexibility index (Phi) is 6.08. The van der Waals surface area contributed by atoms with Crippen molar-refractivity contribution in [3.63, 3.8) is 0 Å². The number of hydrogen-bond acceptors (Lipinski definition) is 2. The summed E-state index contributed by atoms with van der Waals surface area (Å²) in [5.74, 6) is -0.449. The van der Waals surface area contributed by atoms with Crippen molar-refractivity contribution in [2.24, 2.45) is 0 Å². The number of halogens is 2. The Morgan fingerprint density at radius 3 is 2.15 bits per heavy atom. The van der Waals surface area contributed by atoms with Crippen LogP contribution in [-0.2, 0) is 4.79 Å². The van der Waals surface area contributed by atoms with Crippen LogP contribution in [0.1, 0.15) is 5.56 Å². The minimum atomic E-state index is -0.355. The molecule has 27 heavy (non-hydrogen) atoms. The Bertz CT molecular complexity index is 829. The van der Waals surface area contributed by atoms with E-state index in [-0.39, 0.29) is 17.8 Å². The molecule has 0 unspecified atom stereocenters. The van der Waals surface area contributed by atoms with Crippen LogP contribution in [0.5, 0.6) is 0 Å². The lowest BCUT2D eigenvalue weighted by molar-refractivity contribution is -0.127. The summed E-state index contributed by atoms with van der Waals surface area (Å²) >= 11 is 5.84. The normalized spacial score (nSPS) is 14.4. The zero-order chi connectivity index (χ0) is 19.2. The zero-order valence-electron chi connectivity index (χ0n) is 14.6. The van der Waals surface area contributed by atoms with Crippen molar-refractivity contribution in [2.45, 2.75) is 0 Å². The molecule has 1 aliphatic heterocycles. The summed E-state index contributed by atoms with van der Waals surface area (Å²) in [7, 11) is 0. The Labute approximate surface area is 162 Å². The zero-order valence-corrected chi connectivity index (χ0v) is 15.3. The van der Waals surface area contributed by atoms with Gasteiger partial charge in [-0.1, -0.05) is 23.7 Å². The van der Waals surface area contributed by atoms with Crippen molar-refractivity contribution in [2.75, 3.05) is 31.5 Å². The third kappa shape index (κ3) is 5.31. The van der Waals surface area contributed by atoms with E-state index < -0.39 is 0 Å². The molecule has 0 bridgehead atoms. The van der Waals surface area contributed by atoms with Gasteiger partial charge in [0, 0.05) is 43.0 Å².